The summed E-state index contributed by atoms with van der Waals surface area (Å²) in [5.41, 5.74) is 0.432. The minimum absolute atomic E-state index is 0.0247. The van der Waals surface area contributed by atoms with Crippen LogP contribution in [0.3, 0.4) is 0 Å². The van der Waals surface area contributed by atoms with Gasteiger partial charge in [-0.2, -0.15) is 0 Å². The molecule has 1 aliphatic heterocycles. The molecular weight excluding hydrogens is 368 g/mol. The van der Waals surface area contributed by atoms with Crippen LogP contribution in [0.5, 0.6) is 5.88 Å². The first kappa shape index (κ1) is 21.3. The number of rotatable bonds is 6. The Morgan fingerprint density at radius 1 is 1.43 bits per heavy atom. The normalized spacial score (nSPS) is 14.2. The highest BCUT2D eigenvalue weighted by Crippen LogP contribution is 2.25. The van der Waals surface area contributed by atoms with Crippen molar-refractivity contribution in [1.29, 1.82) is 0 Å². The molecule has 0 saturated carbocycles. The summed E-state index contributed by atoms with van der Waals surface area (Å²) < 4.78 is 10.2. The molecule has 1 aromatic rings. The lowest BCUT2D eigenvalue weighted by atomic mass is 10.1. The number of carbonyl (C=O) groups excluding carboxylic acids is 2. The van der Waals surface area contributed by atoms with Gasteiger partial charge in [-0.05, 0) is 38.8 Å². The minimum atomic E-state index is -1.11. The number of carboxylic acid groups (broad SMARTS) is 1. The summed E-state index contributed by atoms with van der Waals surface area (Å²) in [6.45, 7) is 7.65. The summed E-state index contributed by atoms with van der Waals surface area (Å²) in [4.78, 5) is 40.1. The first-order valence-electron chi connectivity index (χ1n) is 8.92. The summed E-state index contributed by atoms with van der Waals surface area (Å²) in [7, 11) is 0. The molecule has 1 aliphatic rings. The number of anilines is 1. The van der Waals surface area contributed by atoms with Gasteiger partial charge in [-0.3, -0.25) is 0 Å². The summed E-state index contributed by atoms with van der Waals surface area (Å²) in [5, 5.41) is 15.0. The molecule has 0 fully saturated rings. The molecule has 0 spiro atoms. The third-order valence-electron chi connectivity index (χ3n) is 3.70. The molecule has 0 aromatic carbocycles. The monoisotopic (exact) mass is 394 g/mol. The average Bonchev–Trinajstić information content (AvgIpc) is 2.57. The predicted molar refractivity (Wildman–Crippen MR) is 100 cm³/mol. The fourth-order valence-corrected chi connectivity index (χ4v) is 2.51. The topological polar surface area (TPSA) is 130 Å². The van der Waals surface area contributed by atoms with Crippen molar-refractivity contribution in [2.75, 3.05) is 25.0 Å². The van der Waals surface area contributed by atoms with E-state index in [2.05, 4.69) is 15.6 Å². The Hall–Kier alpha value is -3.04. The molecular formula is C18H26N4O6. The number of hydrogen-bond donors (Lipinski definition) is 3. The van der Waals surface area contributed by atoms with Crippen molar-refractivity contribution in [3.05, 3.63) is 17.8 Å². The largest absolute Gasteiger partial charge is 0.465 e. The van der Waals surface area contributed by atoms with Crippen molar-refractivity contribution in [3.63, 3.8) is 0 Å². The van der Waals surface area contributed by atoms with E-state index >= 15 is 0 Å². The van der Waals surface area contributed by atoms with Crippen molar-refractivity contribution in [1.82, 2.24) is 15.2 Å². The summed E-state index contributed by atoms with van der Waals surface area (Å²) in [6.07, 6.45) is -1.66. The van der Waals surface area contributed by atoms with Crippen molar-refractivity contribution in [2.45, 2.75) is 39.8 Å². The Morgan fingerprint density at radius 3 is 2.79 bits per heavy atom. The minimum Gasteiger partial charge on any atom is -0.465 e. The van der Waals surface area contributed by atoms with Crippen molar-refractivity contribution in [3.8, 4) is 5.88 Å². The molecule has 28 heavy (non-hydrogen) atoms. The van der Waals surface area contributed by atoms with Crippen LogP contribution in [0.25, 0.3) is 0 Å². The number of carbonyl (C=O) groups is 3. The number of esters is 1. The van der Waals surface area contributed by atoms with Crippen LogP contribution in [-0.4, -0.2) is 58.4 Å². The molecule has 0 bridgehead atoms. The average molecular weight is 394 g/mol. The predicted octanol–water partition coefficient (Wildman–Crippen LogP) is 2.05. The van der Waals surface area contributed by atoms with Crippen LogP contribution in [0, 0.1) is 5.92 Å². The van der Waals surface area contributed by atoms with Gasteiger partial charge in [0.05, 0.1) is 17.9 Å². The molecule has 10 nitrogen and oxygen atoms in total. The summed E-state index contributed by atoms with van der Waals surface area (Å²) in [5.74, 6) is -0.464. The summed E-state index contributed by atoms with van der Waals surface area (Å²) in [6, 6.07) is 3.36. The first-order chi connectivity index (χ1) is 13.0. The van der Waals surface area contributed by atoms with Crippen LogP contribution in [0.2, 0.25) is 0 Å². The van der Waals surface area contributed by atoms with Gasteiger partial charge in [0.25, 0.3) is 0 Å². The number of nitrogens with one attached hydrogen (secondary N) is 2. The van der Waals surface area contributed by atoms with Crippen molar-refractivity contribution < 1.29 is 29.0 Å². The van der Waals surface area contributed by atoms with Gasteiger partial charge >= 0.3 is 18.2 Å². The summed E-state index contributed by atoms with van der Waals surface area (Å²) >= 11 is 0. The standard InChI is InChI=1S/C18H26N4O6/c1-11(7-20-16(24)28-18(2,3)4)9-22(17(25)26)10-12-5-6-13-15(21-12)27-14(23)8-19-13/h5-6,11,19H,7-10H2,1-4H3,(H,20,24)(H,25,26). The molecule has 0 aliphatic carbocycles. The zero-order valence-corrected chi connectivity index (χ0v) is 16.4. The fraction of sp³-hybridized carbons (Fsp3) is 0.556. The van der Waals surface area contributed by atoms with E-state index in [1.54, 1.807) is 32.9 Å². The van der Waals surface area contributed by atoms with Gasteiger partial charge in [0.15, 0.2) is 0 Å². The number of nitrogens with zero attached hydrogens (tertiary/aromatic N) is 2. The van der Waals surface area contributed by atoms with Crippen LogP contribution in [-0.2, 0) is 16.1 Å². The molecule has 0 radical (unpaired) electrons. The number of alkyl carbamates (subject to hydrolysis) is 1. The smallest absolute Gasteiger partial charge is 0.407 e. The van der Waals surface area contributed by atoms with E-state index < -0.39 is 23.8 Å². The lowest BCUT2D eigenvalue weighted by molar-refractivity contribution is -0.133. The molecule has 154 valence electrons. The Labute approximate surface area is 163 Å². The highest BCUT2D eigenvalue weighted by molar-refractivity contribution is 5.82. The van der Waals surface area contributed by atoms with Crippen molar-refractivity contribution in [2.24, 2.45) is 5.92 Å². The Morgan fingerprint density at radius 2 is 2.14 bits per heavy atom. The quantitative estimate of drug-likeness (QED) is 0.625. The lowest BCUT2D eigenvalue weighted by Crippen LogP contribution is -2.39. The zero-order chi connectivity index (χ0) is 20.9. The molecule has 3 N–H and O–H groups in total. The second-order valence-corrected chi connectivity index (χ2v) is 7.63. The molecule has 0 saturated heterocycles. The second-order valence-electron chi connectivity index (χ2n) is 7.63. The SMILES string of the molecule is CC(CNC(=O)OC(C)(C)C)CN(Cc1ccc2c(n1)OC(=O)CN2)C(=O)O. The van der Waals surface area contributed by atoms with Crippen LogP contribution >= 0.6 is 0 Å². The maximum absolute atomic E-state index is 11.7. The highest BCUT2D eigenvalue weighted by Gasteiger charge is 2.22. The van der Waals surface area contributed by atoms with E-state index in [9.17, 15) is 19.5 Å². The van der Waals surface area contributed by atoms with Gasteiger partial charge < -0.3 is 30.1 Å². The molecule has 10 heteroatoms. The lowest BCUT2D eigenvalue weighted by Gasteiger charge is -2.25. The zero-order valence-electron chi connectivity index (χ0n) is 16.4. The third-order valence-corrected chi connectivity index (χ3v) is 3.70. The first-order valence-corrected chi connectivity index (χ1v) is 8.92. The van der Waals surface area contributed by atoms with E-state index in [1.165, 1.54) is 4.90 Å². The third kappa shape index (κ3) is 6.60. The molecule has 2 rings (SSSR count). The van der Waals surface area contributed by atoms with Gasteiger partial charge in [-0.1, -0.05) is 6.92 Å². The molecule has 1 aromatic heterocycles. The maximum atomic E-state index is 11.7. The number of pyridine rings is 1. The van der Waals surface area contributed by atoms with E-state index in [0.717, 1.165) is 0 Å². The van der Waals surface area contributed by atoms with Crippen LogP contribution in [0.4, 0.5) is 15.3 Å². The Bertz CT molecular complexity index is 746. The van der Waals surface area contributed by atoms with Gasteiger partial charge in [-0.25, -0.2) is 19.4 Å². The van der Waals surface area contributed by atoms with Gasteiger partial charge in [0.2, 0.25) is 5.88 Å². The molecule has 2 heterocycles. The van der Waals surface area contributed by atoms with Crippen LogP contribution in [0.15, 0.2) is 12.1 Å². The van der Waals surface area contributed by atoms with Crippen LogP contribution < -0.4 is 15.4 Å². The van der Waals surface area contributed by atoms with Crippen molar-refractivity contribution >= 4 is 23.8 Å². The molecule has 2 amide bonds. The van der Waals surface area contributed by atoms with Gasteiger partial charge in [0, 0.05) is 13.1 Å². The maximum Gasteiger partial charge on any atom is 0.407 e. The van der Waals surface area contributed by atoms with E-state index in [-0.39, 0.29) is 38.0 Å². The number of fused-ring (bicyclic) bond motifs is 1. The van der Waals surface area contributed by atoms with Gasteiger partial charge in [-0.15, -0.1) is 0 Å². The van der Waals surface area contributed by atoms with E-state index in [0.29, 0.717) is 11.4 Å². The number of aromatic nitrogens is 1. The fourth-order valence-electron chi connectivity index (χ4n) is 2.51. The van der Waals surface area contributed by atoms with E-state index in [4.69, 9.17) is 9.47 Å². The number of hydrogen-bond acceptors (Lipinski definition) is 7. The van der Waals surface area contributed by atoms with E-state index in [1.807, 2.05) is 6.92 Å². The van der Waals surface area contributed by atoms with Gasteiger partial charge in [0.1, 0.15) is 12.1 Å². The number of amides is 2. The van der Waals surface area contributed by atoms with Crippen LogP contribution in [0.1, 0.15) is 33.4 Å². The molecule has 1 atom stereocenters. The Balaban J connectivity index is 1.93. The second kappa shape index (κ2) is 8.77. The molecule has 1 unspecified atom stereocenters. The highest BCUT2D eigenvalue weighted by atomic mass is 16.6. The Kier molecular flexibility index (Phi) is 6.66. The number of ether oxygens (including phenoxy) is 2.